The first-order chi connectivity index (χ1) is 11.5. The highest BCUT2D eigenvalue weighted by Crippen LogP contribution is 2.26. The molecular weight excluding hydrogens is 321 g/mol. The largest absolute Gasteiger partial charge is 0.490 e. The fourth-order valence-electron chi connectivity index (χ4n) is 2.30. The number of hydrogen-bond donors (Lipinski definition) is 0. The second kappa shape index (κ2) is 12.0. The third-order valence-corrected chi connectivity index (χ3v) is 3.54. The SMILES string of the molecule is COCOc1ccccc1OCCCCCCCCCC(F)(F)F. The molecule has 0 amide bonds. The molecular formula is C18H27F3O3. The summed E-state index contributed by atoms with van der Waals surface area (Å²) in [6.07, 6.45) is 1.02. The highest BCUT2D eigenvalue weighted by atomic mass is 19.4. The van der Waals surface area contributed by atoms with Crippen molar-refractivity contribution in [1.29, 1.82) is 0 Å². The van der Waals surface area contributed by atoms with Gasteiger partial charge in [-0.3, -0.25) is 0 Å². The maximum Gasteiger partial charge on any atom is 0.389 e. The van der Waals surface area contributed by atoms with Gasteiger partial charge in [0.15, 0.2) is 18.3 Å². The standard InChI is InChI=1S/C18H27F3O3/c1-22-15-24-17-12-8-7-11-16(17)23-14-10-6-4-2-3-5-9-13-18(19,20)21/h7-8,11-12H,2-6,9-10,13-15H2,1H3. The Morgan fingerprint density at radius 3 is 1.92 bits per heavy atom. The van der Waals surface area contributed by atoms with Gasteiger partial charge in [-0.15, -0.1) is 0 Å². The molecule has 0 aliphatic rings. The van der Waals surface area contributed by atoms with E-state index in [9.17, 15) is 13.2 Å². The molecule has 1 aromatic rings. The van der Waals surface area contributed by atoms with Crippen molar-refractivity contribution in [1.82, 2.24) is 0 Å². The van der Waals surface area contributed by atoms with Crippen LogP contribution in [0, 0.1) is 0 Å². The van der Waals surface area contributed by atoms with E-state index in [0.717, 1.165) is 32.1 Å². The normalized spacial score (nSPS) is 11.5. The van der Waals surface area contributed by atoms with Crippen LogP contribution in [0.25, 0.3) is 0 Å². The average molecular weight is 348 g/mol. The van der Waals surface area contributed by atoms with E-state index in [4.69, 9.17) is 14.2 Å². The predicted octanol–water partition coefficient (Wildman–Crippen LogP) is 5.73. The number of methoxy groups -OCH3 is 1. The third-order valence-electron chi connectivity index (χ3n) is 3.54. The van der Waals surface area contributed by atoms with Gasteiger partial charge < -0.3 is 14.2 Å². The van der Waals surface area contributed by atoms with Crippen molar-refractivity contribution in [3.05, 3.63) is 24.3 Å². The fraction of sp³-hybridized carbons (Fsp3) is 0.667. The summed E-state index contributed by atoms with van der Waals surface area (Å²) in [5, 5.41) is 0. The van der Waals surface area contributed by atoms with Gasteiger partial charge in [0.2, 0.25) is 0 Å². The maximum atomic E-state index is 12.0. The Hall–Kier alpha value is -1.43. The molecule has 0 N–H and O–H groups in total. The van der Waals surface area contributed by atoms with Crippen LogP contribution in [0.2, 0.25) is 0 Å². The average Bonchev–Trinajstić information content (AvgIpc) is 2.54. The molecule has 6 heteroatoms. The van der Waals surface area contributed by atoms with Gasteiger partial charge >= 0.3 is 6.18 Å². The van der Waals surface area contributed by atoms with Crippen LogP contribution in [0.4, 0.5) is 13.2 Å². The Morgan fingerprint density at radius 2 is 1.33 bits per heavy atom. The van der Waals surface area contributed by atoms with E-state index in [1.807, 2.05) is 24.3 Å². The molecule has 0 saturated carbocycles. The number of benzene rings is 1. The number of alkyl halides is 3. The molecule has 3 nitrogen and oxygen atoms in total. The molecule has 1 aromatic carbocycles. The molecule has 0 bridgehead atoms. The molecule has 138 valence electrons. The van der Waals surface area contributed by atoms with Gasteiger partial charge in [0.05, 0.1) is 6.61 Å². The molecule has 1 rings (SSSR count). The van der Waals surface area contributed by atoms with Crippen molar-refractivity contribution in [2.45, 2.75) is 57.5 Å². The van der Waals surface area contributed by atoms with Gasteiger partial charge in [-0.25, -0.2) is 0 Å². The first-order valence-electron chi connectivity index (χ1n) is 8.43. The minimum absolute atomic E-state index is 0.175. The van der Waals surface area contributed by atoms with Gasteiger partial charge in [0.25, 0.3) is 0 Å². The lowest BCUT2D eigenvalue weighted by molar-refractivity contribution is -0.135. The highest BCUT2D eigenvalue weighted by molar-refractivity contribution is 5.39. The van der Waals surface area contributed by atoms with Crippen molar-refractivity contribution < 1.29 is 27.4 Å². The maximum absolute atomic E-state index is 12.0. The molecule has 24 heavy (non-hydrogen) atoms. The molecule has 0 radical (unpaired) electrons. The van der Waals surface area contributed by atoms with Gasteiger partial charge in [0.1, 0.15) is 0 Å². The lowest BCUT2D eigenvalue weighted by Crippen LogP contribution is -2.06. The lowest BCUT2D eigenvalue weighted by atomic mass is 10.1. The number of hydrogen-bond acceptors (Lipinski definition) is 3. The van der Waals surface area contributed by atoms with Crippen LogP contribution >= 0.6 is 0 Å². The number of unbranched alkanes of at least 4 members (excludes halogenated alkanes) is 6. The predicted molar refractivity (Wildman–Crippen MR) is 87.4 cm³/mol. The number of para-hydroxylation sites is 2. The Bertz CT molecular complexity index is 436. The number of halogens is 3. The fourth-order valence-corrected chi connectivity index (χ4v) is 2.30. The third kappa shape index (κ3) is 10.4. The van der Waals surface area contributed by atoms with E-state index in [1.54, 1.807) is 7.11 Å². The lowest BCUT2D eigenvalue weighted by Gasteiger charge is -2.11. The molecule has 0 saturated heterocycles. The van der Waals surface area contributed by atoms with Crippen LogP contribution in [-0.2, 0) is 4.74 Å². The van der Waals surface area contributed by atoms with Crippen molar-refractivity contribution in [3.8, 4) is 11.5 Å². The van der Waals surface area contributed by atoms with Crippen molar-refractivity contribution in [2.24, 2.45) is 0 Å². The van der Waals surface area contributed by atoms with Crippen LogP contribution in [0.1, 0.15) is 51.4 Å². The van der Waals surface area contributed by atoms with Gasteiger partial charge in [0, 0.05) is 13.5 Å². The van der Waals surface area contributed by atoms with E-state index >= 15 is 0 Å². The topological polar surface area (TPSA) is 27.7 Å². The summed E-state index contributed by atoms with van der Waals surface area (Å²) >= 11 is 0. The van der Waals surface area contributed by atoms with Crippen LogP contribution in [-0.4, -0.2) is 26.7 Å². The van der Waals surface area contributed by atoms with E-state index in [-0.39, 0.29) is 13.2 Å². The summed E-state index contributed by atoms with van der Waals surface area (Å²) in [7, 11) is 1.56. The van der Waals surface area contributed by atoms with Crippen LogP contribution < -0.4 is 9.47 Å². The number of rotatable bonds is 13. The summed E-state index contributed by atoms with van der Waals surface area (Å²) in [6, 6.07) is 7.44. The van der Waals surface area contributed by atoms with Crippen LogP contribution in [0.3, 0.4) is 0 Å². The van der Waals surface area contributed by atoms with Crippen LogP contribution in [0.5, 0.6) is 11.5 Å². The van der Waals surface area contributed by atoms with Gasteiger partial charge in [-0.1, -0.05) is 44.2 Å². The smallest absolute Gasteiger partial charge is 0.389 e. The Labute approximate surface area is 142 Å². The van der Waals surface area contributed by atoms with Gasteiger partial charge in [-0.2, -0.15) is 13.2 Å². The minimum atomic E-state index is -4.01. The summed E-state index contributed by atoms with van der Waals surface area (Å²) in [6.45, 7) is 0.774. The highest BCUT2D eigenvalue weighted by Gasteiger charge is 2.25. The molecule has 0 aromatic heterocycles. The molecule has 0 unspecified atom stereocenters. The monoisotopic (exact) mass is 348 g/mol. The summed E-state index contributed by atoms with van der Waals surface area (Å²) in [4.78, 5) is 0. The summed E-state index contributed by atoms with van der Waals surface area (Å²) in [5.74, 6) is 1.35. The Balaban J connectivity index is 2.02. The molecule has 0 aliphatic carbocycles. The zero-order valence-corrected chi connectivity index (χ0v) is 14.2. The molecule has 0 aliphatic heterocycles. The first kappa shape index (κ1) is 20.6. The van der Waals surface area contributed by atoms with Crippen molar-refractivity contribution in [2.75, 3.05) is 20.5 Å². The summed E-state index contributed by atoms with van der Waals surface area (Å²) in [5.41, 5.74) is 0. The zero-order valence-electron chi connectivity index (χ0n) is 14.2. The minimum Gasteiger partial charge on any atom is -0.490 e. The Kier molecular flexibility index (Phi) is 10.3. The zero-order chi connectivity index (χ0) is 17.7. The number of ether oxygens (including phenoxy) is 3. The molecule has 0 spiro atoms. The molecule has 0 fully saturated rings. The first-order valence-corrected chi connectivity index (χ1v) is 8.43. The van der Waals surface area contributed by atoms with Crippen molar-refractivity contribution >= 4 is 0 Å². The van der Waals surface area contributed by atoms with E-state index in [1.165, 1.54) is 0 Å². The second-order valence-electron chi connectivity index (χ2n) is 5.69. The van der Waals surface area contributed by atoms with E-state index < -0.39 is 12.6 Å². The summed E-state index contributed by atoms with van der Waals surface area (Å²) < 4.78 is 51.9. The molecule has 0 heterocycles. The van der Waals surface area contributed by atoms with E-state index in [0.29, 0.717) is 24.5 Å². The Morgan fingerprint density at radius 1 is 0.792 bits per heavy atom. The second-order valence-corrected chi connectivity index (χ2v) is 5.69. The van der Waals surface area contributed by atoms with Crippen molar-refractivity contribution in [3.63, 3.8) is 0 Å². The quantitative estimate of drug-likeness (QED) is 0.336. The molecule has 0 atom stereocenters. The van der Waals surface area contributed by atoms with Crippen LogP contribution in [0.15, 0.2) is 24.3 Å². The van der Waals surface area contributed by atoms with E-state index in [2.05, 4.69) is 0 Å². The van der Waals surface area contributed by atoms with Gasteiger partial charge in [-0.05, 0) is 25.0 Å².